The van der Waals surface area contributed by atoms with Crippen LogP contribution in [-0.2, 0) is 26.6 Å². The van der Waals surface area contributed by atoms with Crippen LogP contribution in [0.4, 0.5) is 0 Å². The molecule has 6 heteroatoms. The van der Waals surface area contributed by atoms with Crippen LogP contribution in [-0.4, -0.2) is 31.3 Å². The van der Waals surface area contributed by atoms with E-state index in [0.29, 0.717) is 0 Å². The Balaban J connectivity index is 1.67. The number of nitrogens with zero attached hydrogens (tertiary/aromatic N) is 5. The number of rotatable bonds is 7. The van der Waals surface area contributed by atoms with Crippen LogP contribution < -0.4 is 5.32 Å². The molecule has 6 nitrogen and oxygen atoms in total. The zero-order valence-corrected chi connectivity index (χ0v) is 11.0. The van der Waals surface area contributed by atoms with E-state index in [1.54, 1.807) is 6.20 Å². The summed E-state index contributed by atoms with van der Waals surface area (Å²) in [6.07, 6.45) is 5.62. The second-order valence-corrected chi connectivity index (χ2v) is 4.30. The molecule has 98 valence electrons. The highest BCUT2D eigenvalue weighted by molar-refractivity contribution is 5.09. The van der Waals surface area contributed by atoms with E-state index in [-0.39, 0.29) is 0 Å². The van der Waals surface area contributed by atoms with Crippen molar-refractivity contribution in [2.75, 3.05) is 6.54 Å². The minimum atomic E-state index is 0.862. The molecule has 0 aromatic carbocycles. The molecule has 2 aromatic heterocycles. The number of hydrogen-bond acceptors (Lipinski definition) is 4. The van der Waals surface area contributed by atoms with Crippen molar-refractivity contribution >= 4 is 0 Å². The molecule has 0 spiro atoms. The van der Waals surface area contributed by atoms with Crippen LogP contribution in [0.1, 0.15) is 24.7 Å². The molecule has 2 aromatic rings. The fourth-order valence-corrected chi connectivity index (χ4v) is 1.84. The fraction of sp³-hybridized carbons (Fsp3) is 0.583. The molecule has 0 aliphatic carbocycles. The van der Waals surface area contributed by atoms with Crippen molar-refractivity contribution in [2.24, 2.45) is 7.05 Å². The van der Waals surface area contributed by atoms with E-state index in [9.17, 15) is 0 Å². The van der Waals surface area contributed by atoms with E-state index in [4.69, 9.17) is 0 Å². The van der Waals surface area contributed by atoms with E-state index in [1.807, 2.05) is 22.6 Å². The first-order chi connectivity index (χ1) is 8.79. The second-order valence-electron chi connectivity index (χ2n) is 4.30. The Hall–Kier alpha value is -1.69. The molecule has 0 unspecified atom stereocenters. The summed E-state index contributed by atoms with van der Waals surface area (Å²) in [6.45, 7) is 4.85. The van der Waals surface area contributed by atoms with Gasteiger partial charge in [0.05, 0.1) is 17.6 Å². The maximum atomic E-state index is 4.42. The maximum Gasteiger partial charge on any atom is 0.0692 e. The highest BCUT2D eigenvalue weighted by Crippen LogP contribution is 2.03. The van der Waals surface area contributed by atoms with Crippen molar-refractivity contribution in [3.05, 3.63) is 29.8 Å². The predicted molar refractivity (Wildman–Crippen MR) is 68.9 cm³/mol. The first kappa shape index (κ1) is 12.8. The SMILES string of the molecule is CCc1cc(CNCCCn2ccnn2)n(C)n1. The van der Waals surface area contributed by atoms with Crippen molar-refractivity contribution in [3.8, 4) is 0 Å². The smallest absolute Gasteiger partial charge is 0.0692 e. The molecule has 2 rings (SSSR count). The van der Waals surface area contributed by atoms with Gasteiger partial charge in [-0.25, -0.2) is 0 Å². The Labute approximate surface area is 107 Å². The van der Waals surface area contributed by atoms with Crippen molar-refractivity contribution < 1.29 is 0 Å². The van der Waals surface area contributed by atoms with Crippen LogP contribution in [0.5, 0.6) is 0 Å². The molecule has 2 heterocycles. The van der Waals surface area contributed by atoms with E-state index in [2.05, 4.69) is 33.7 Å². The summed E-state index contributed by atoms with van der Waals surface area (Å²) < 4.78 is 3.80. The van der Waals surface area contributed by atoms with E-state index < -0.39 is 0 Å². The van der Waals surface area contributed by atoms with Gasteiger partial charge in [-0.1, -0.05) is 12.1 Å². The van der Waals surface area contributed by atoms with Gasteiger partial charge >= 0.3 is 0 Å². The van der Waals surface area contributed by atoms with Gasteiger partial charge in [0.25, 0.3) is 0 Å². The monoisotopic (exact) mass is 248 g/mol. The van der Waals surface area contributed by atoms with E-state index in [1.165, 1.54) is 5.69 Å². The largest absolute Gasteiger partial charge is 0.311 e. The van der Waals surface area contributed by atoms with Crippen LogP contribution >= 0.6 is 0 Å². The Morgan fingerprint density at radius 2 is 2.28 bits per heavy atom. The van der Waals surface area contributed by atoms with Gasteiger partial charge in [-0.05, 0) is 25.5 Å². The lowest BCUT2D eigenvalue weighted by Crippen LogP contribution is -2.18. The van der Waals surface area contributed by atoms with Crippen molar-refractivity contribution in [3.63, 3.8) is 0 Å². The van der Waals surface area contributed by atoms with Gasteiger partial charge in [-0.2, -0.15) is 5.10 Å². The summed E-state index contributed by atoms with van der Waals surface area (Å²) in [7, 11) is 1.99. The van der Waals surface area contributed by atoms with Gasteiger partial charge in [0.15, 0.2) is 0 Å². The first-order valence-corrected chi connectivity index (χ1v) is 6.36. The third-order valence-corrected chi connectivity index (χ3v) is 2.91. The van der Waals surface area contributed by atoms with Crippen LogP contribution in [0.25, 0.3) is 0 Å². The predicted octanol–water partition coefficient (Wildman–Crippen LogP) is 0.754. The molecule has 0 bridgehead atoms. The average molecular weight is 248 g/mol. The molecule has 0 radical (unpaired) electrons. The van der Waals surface area contributed by atoms with Gasteiger partial charge in [0, 0.05) is 26.3 Å². The van der Waals surface area contributed by atoms with Gasteiger partial charge in [-0.3, -0.25) is 9.36 Å². The van der Waals surface area contributed by atoms with Crippen molar-refractivity contribution in [1.82, 2.24) is 30.1 Å². The molecule has 1 N–H and O–H groups in total. The lowest BCUT2D eigenvalue weighted by Gasteiger charge is -2.04. The van der Waals surface area contributed by atoms with Crippen LogP contribution in [0, 0.1) is 0 Å². The van der Waals surface area contributed by atoms with Gasteiger partial charge in [-0.15, -0.1) is 5.10 Å². The van der Waals surface area contributed by atoms with E-state index in [0.717, 1.165) is 38.2 Å². The third-order valence-electron chi connectivity index (χ3n) is 2.91. The molecule has 0 saturated carbocycles. The third kappa shape index (κ3) is 3.40. The lowest BCUT2D eigenvalue weighted by molar-refractivity contribution is 0.523. The molecule has 0 aliphatic heterocycles. The van der Waals surface area contributed by atoms with Gasteiger partial charge in [0.2, 0.25) is 0 Å². The summed E-state index contributed by atoms with van der Waals surface area (Å²) in [6, 6.07) is 2.16. The summed E-state index contributed by atoms with van der Waals surface area (Å²) in [4.78, 5) is 0. The molecule has 0 saturated heterocycles. The van der Waals surface area contributed by atoms with Crippen LogP contribution in [0.3, 0.4) is 0 Å². The molecule has 18 heavy (non-hydrogen) atoms. The van der Waals surface area contributed by atoms with Crippen LogP contribution in [0.15, 0.2) is 18.5 Å². The molecule has 0 aliphatic rings. The van der Waals surface area contributed by atoms with Gasteiger partial charge in [0.1, 0.15) is 0 Å². The molecule has 0 fully saturated rings. The maximum absolute atomic E-state index is 4.42. The zero-order valence-electron chi connectivity index (χ0n) is 11.0. The normalized spacial score (nSPS) is 11.0. The highest BCUT2D eigenvalue weighted by Gasteiger charge is 2.02. The van der Waals surface area contributed by atoms with Crippen LogP contribution in [0.2, 0.25) is 0 Å². The lowest BCUT2D eigenvalue weighted by atomic mass is 10.3. The quantitative estimate of drug-likeness (QED) is 0.735. The Bertz CT molecular complexity index is 459. The Kier molecular flexibility index (Phi) is 4.46. The molecular formula is C12H20N6. The number of nitrogens with one attached hydrogen (secondary N) is 1. The fourth-order valence-electron chi connectivity index (χ4n) is 1.84. The minimum Gasteiger partial charge on any atom is -0.311 e. The number of aryl methyl sites for hydroxylation is 3. The first-order valence-electron chi connectivity index (χ1n) is 6.36. The summed E-state index contributed by atoms with van der Waals surface area (Å²) in [5, 5.41) is 15.5. The summed E-state index contributed by atoms with van der Waals surface area (Å²) in [5.74, 6) is 0. The second kappa shape index (κ2) is 6.30. The topological polar surface area (TPSA) is 60.6 Å². The molecule has 0 amide bonds. The number of aromatic nitrogens is 5. The zero-order chi connectivity index (χ0) is 12.8. The molecular weight excluding hydrogens is 228 g/mol. The standard InChI is InChI=1S/C12H20N6/c1-3-11-9-12(17(2)15-11)10-13-5-4-7-18-8-6-14-16-18/h6,8-9,13H,3-5,7,10H2,1-2H3. The van der Waals surface area contributed by atoms with Crippen molar-refractivity contribution in [1.29, 1.82) is 0 Å². The minimum absolute atomic E-state index is 0.862. The van der Waals surface area contributed by atoms with Gasteiger partial charge < -0.3 is 5.32 Å². The summed E-state index contributed by atoms with van der Waals surface area (Å²) in [5.41, 5.74) is 2.38. The summed E-state index contributed by atoms with van der Waals surface area (Å²) >= 11 is 0. The average Bonchev–Trinajstić information content (AvgIpc) is 2.99. The van der Waals surface area contributed by atoms with E-state index >= 15 is 0 Å². The number of hydrogen-bond donors (Lipinski definition) is 1. The highest BCUT2D eigenvalue weighted by atomic mass is 15.4. The van der Waals surface area contributed by atoms with Crippen molar-refractivity contribution in [2.45, 2.75) is 32.9 Å². The Morgan fingerprint density at radius 3 is 2.94 bits per heavy atom. The Morgan fingerprint density at radius 1 is 1.39 bits per heavy atom. The molecule has 0 atom stereocenters.